The first kappa shape index (κ1) is 22.2. The Morgan fingerprint density at radius 3 is 2.26 bits per heavy atom. The molecular formula is C24H16N4O6S. The largest absolute Gasteiger partial charge is 0.869 e. The lowest BCUT2D eigenvalue weighted by atomic mass is 9.91. The van der Waals surface area contributed by atoms with Gasteiger partial charge in [0.2, 0.25) is 12.1 Å². The predicted octanol–water partition coefficient (Wildman–Crippen LogP) is 2.09. The van der Waals surface area contributed by atoms with Crippen molar-refractivity contribution in [3.8, 4) is 0 Å². The van der Waals surface area contributed by atoms with Crippen molar-refractivity contribution < 1.29 is 27.8 Å². The fourth-order valence-electron chi connectivity index (χ4n) is 4.01. The molecule has 10 nitrogen and oxygen atoms in total. The van der Waals surface area contributed by atoms with Crippen molar-refractivity contribution in [1.29, 1.82) is 0 Å². The molecule has 1 aliphatic rings. The van der Waals surface area contributed by atoms with Crippen molar-refractivity contribution in [1.82, 2.24) is 4.57 Å². The maximum Gasteiger partial charge on any atom is 0.283 e. The Kier molecular flexibility index (Phi) is 5.06. The highest BCUT2D eigenvalue weighted by atomic mass is 32.2. The topological polar surface area (TPSA) is 139 Å². The molecule has 1 aliphatic carbocycles. The van der Waals surface area contributed by atoms with Gasteiger partial charge in [-0.1, -0.05) is 36.4 Å². The number of aryl methyl sites for hydroxylation is 1. The van der Waals surface area contributed by atoms with Crippen LogP contribution >= 0.6 is 0 Å². The van der Waals surface area contributed by atoms with E-state index in [2.05, 4.69) is 4.40 Å². The van der Waals surface area contributed by atoms with Gasteiger partial charge in [0.05, 0.1) is 16.9 Å². The number of imidazole rings is 1. The number of nitro groups is 1. The number of fused-ring (bicyclic) bond motifs is 2. The van der Waals surface area contributed by atoms with Gasteiger partial charge in [-0.3, -0.25) is 14.9 Å². The maximum absolute atomic E-state index is 13.6. The molecule has 1 heterocycles. The van der Waals surface area contributed by atoms with Gasteiger partial charge < -0.3 is 5.11 Å². The first-order valence-electron chi connectivity index (χ1n) is 10.3. The van der Waals surface area contributed by atoms with Gasteiger partial charge >= 0.3 is 0 Å². The van der Waals surface area contributed by atoms with Crippen LogP contribution in [0.2, 0.25) is 0 Å². The number of allylic oxidation sites excluding steroid dienone is 1. The van der Waals surface area contributed by atoms with Crippen molar-refractivity contribution in [3.05, 3.63) is 100 Å². The summed E-state index contributed by atoms with van der Waals surface area (Å²) < 4.78 is 33.3. The molecule has 0 amide bonds. The van der Waals surface area contributed by atoms with Gasteiger partial charge in [0.15, 0.2) is 22.4 Å². The minimum absolute atomic E-state index is 0.0414. The molecule has 4 aromatic rings. The molecular weight excluding hydrogens is 472 g/mol. The van der Waals surface area contributed by atoms with E-state index in [1.165, 1.54) is 16.7 Å². The third-order valence-corrected chi connectivity index (χ3v) is 6.97. The number of carbonyl (C=O) groups is 1. The quantitative estimate of drug-likeness (QED) is 0.245. The Hall–Kier alpha value is -4.64. The van der Waals surface area contributed by atoms with Crippen molar-refractivity contribution >= 4 is 49.7 Å². The molecule has 35 heavy (non-hydrogen) atoms. The monoisotopic (exact) mass is 488 g/mol. The van der Waals surface area contributed by atoms with Crippen LogP contribution in [0, 0.1) is 10.1 Å². The zero-order valence-corrected chi connectivity index (χ0v) is 19.0. The first-order chi connectivity index (χ1) is 16.7. The first-order valence-corrected chi connectivity index (χ1v) is 11.7. The number of benzene rings is 3. The number of non-ortho nitro benzene ring substituents is 1. The summed E-state index contributed by atoms with van der Waals surface area (Å²) >= 11 is 0. The molecule has 0 N–H and O–H groups in total. The number of hydrogen-bond acceptors (Lipinski definition) is 6. The van der Waals surface area contributed by atoms with Gasteiger partial charge in [-0.2, -0.15) is 17.4 Å². The van der Waals surface area contributed by atoms with Crippen LogP contribution in [-0.2, 0) is 17.1 Å². The predicted molar refractivity (Wildman–Crippen MR) is 125 cm³/mol. The fourth-order valence-corrected chi connectivity index (χ4v) is 5.01. The van der Waals surface area contributed by atoms with Gasteiger partial charge in [-0.05, 0) is 35.6 Å². The van der Waals surface area contributed by atoms with E-state index in [1.54, 1.807) is 42.2 Å². The van der Waals surface area contributed by atoms with E-state index in [-0.39, 0.29) is 27.4 Å². The minimum Gasteiger partial charge on any atom is -0.869 e. The van der Waals surface area contributed by atoms with Gasteiger partial charge in [0.1, 0.15) is 0 Å². The third-order valence-electron chi connectivity index (χ3n) is 5.68. The summed E-state index contributed by atoms with van der Waals surface area (Å²) in [6.45, 7) is 0. The van der Waals surface area contributed by atoms with Crippen LogP contribution in [0.25, 0.3) is 22.5 Å². The third kappa shape index (κ3) is 3.58. The number of aromatic nitrogens is 2. The molecule has 11 heteroatoms. The minimum atomic E-state index is -4.50. The molecule has 174 valence electrons. The molecule has 5 rings (SSSR count). The van der Waals surface area contributed by atoms with Gasteiger partial charge in [0.25, 0.3) is 15.7 Å². The van der Waals surface area contributed by atoms with E-state index in [0.717, 1.165) is 29.8 Å². The molecule has 0 radical (unpaired) electrons. The number of para-hydroxylation sites is 2. The Labute approximate surface area is 198 Å². The van der Waals surface area contributed by atoms with Crippen LogP contribution < -0.4 is 9.67 Å². The molecule has 3 aromatic carbocycles. The normalized spacial score (nSPS) is 15.0. The number of carbonyl (C=O) groups excluding carboxylic acids is 1. The van der Waals surface area contributed by atoms with E-state index in [0.29, 0.717) is 5.52 Å². The SMILES string of the molecule is C[n+]1cn(C2=C([O-])c3ccccc3C(=O)/C2=N\S(=O)(=O)c2ccc([N+](=O)[O-])cc2)c2ccccc21. The second-order valence-corrected chi connectivity index (χ2v) is 9.41. The number of nitro benzene ring substituents is 1. The lowest BCUT2D eigenvalue weighted by Crippen LogP contribution is -2.31. The number of Topliss-reactive ketones (excluding diaryl/α,β-unsaturated/α-hetero) is 1. The highest BCUT2D eigenvalue weighted by molar-refractivity contribution is 7.90. The maximum atomic E-state index is 13.6. The van der Waals surface area contributed by atoms with Crippen molar-refractivity contribution in [2.45, 2.75) is 4.90 Å². The van der Waals surface area contributed by atoms with Gasteiger partial charge in [-0.25, -0.2) is 4.57 Å². The Balaban J connectivity index is 1.78. The molecule has 0 atom stereocenters. The Morgan fingerprint density at radius 2 is 1.57 bits per heavy atom. The lowest BCUT2D eigenvalue weighted by Gasteiger charge is -2.25. The Morgan fingerprint density at radius 1 is 0.943 bits per heavy atom. The summed E-state index contributed by atoms with van der Waals surface area (Å²) in [6, 6.07) is 17.4. The highest BCUT2D eigenvalue weighted by Crippen LogP contribution is 2.32. The van der Waals surface area contributed by atoms with Crippen LogP contribution in [0.4, 0.5) is 5.69 Å². The van der Waals surface area contributed by atoms with Crippen molar-refractivity contribution in [3.63, 3.8) is 0 Å². The summed E-state index contributed by atoms with van der Waals surface area (Å²) in [6.07, 6.45) is 1.58. The zero-order chi connectivity index (χ0) is 24.9. The zero-order valence-electron chi connectivity index (χ0n) is 18.2. The second kappa shape index (κ2) is 7.99. The average molecular weight is 488 g/mol. The standard InChI is InChI=1S/C24H16N4O6S/c1-26-14-27(20-9-5-4-8-19(20)26)22-21(23(29)17-6-2-3-7-18(17)24(22)30)25-35(33,34)16-12-10-15(11-13-16)28(31)32/h2-14H,1H3. The number of hydrogen-bond donors (Lipinski definition) is 0. The summed E-state index contributed by atoms with van der Waals surface area (Å²) in [7, 11) is -2.74. The van der Waals surface area contributed by atoms with E-state index >= 15 is 0 Å². The van der Waals surface area contributed by atoms with Crippen molar-refractivity contribution in [2.75, 3.05) is 0 Å². The molecule has 0 aliphatic heterocycles. The van der Waals surface area contributed by atoms with E-state index in [9.17, 15) is 28.4 Å². The van der Waals surface area contributed by atoms with Crippen LogP contribution in [-0.4, -0.2) is 29.4 Å². The molecule has 0 saturated heterocycles. The van der Waals surface area contributed by atoms with Gasteiger partial charge in [0, 0.05) is 17.7 Å². The fraction of sp³-hybridized carbons (Fsp3) is 0.0417. The molecule has 1 aromatic heterocycles. The van der Waals surface area contributed by atoms with Crippen LogP contribution in [0.5, 0.6) is 0 Å². The van der Waals surface area contributed by atoms with E-state index < -0.39 is 32.2 Å². The number of nitrogens with zero attached hydrogens (tertiary/aromatic N) is 4. The number of ketones is 1. The second-order valence-electron chi connectivity index (χ2n) is 7.80. The molecule has 0 unspecified atom stereocenters. The lowest BCUT2D eigenvalue weighted by molar-refractivity contribution is -0.645. The van der Waals surface area contributed by atoms with Crippen LogP contribution in [0.1, 0.15) is 15.9 Å². The molecule has 0 spiro atoms. The van der Waals surface area contributed by atoms with Crippen molar-refractivity contribution in [2.24, 2.45) is 11.4 Å². The summed E-state index contributed by atoms with van der Waals surface area (Å²) in [5.41, 5.74) is 0.472. The van der Waals surface area contributed by atoms with Gasteiger partial charge in [-0.15, -0.1) is 0 Å². The average Bonchev–Trinajstić information content (AvgIpc) is 3.18. The van der Waals surface area contributed by atoms with E-state index in [1.807, 2.05) is 12.1 Å². The summed E-state index contributed by atoms with van der Waals surface area (Å²) in [5.74, 6) is -1.28. The number of rotatable bonds is 4. The summed E-state index contributed by atoms with van der Waals surface area (Å²) in [4.78, 5) is 23.4. The molecule has 0 bridgehead atoms. The van der Waals surface area contributed by atoms with Crippen LogP contribution in [0.3, 0.4) is 0 Å². The summed E-state index contributed by atoms with van der Waals surface area (Å²) in [5, 5.41) is 24.5. The van der Waals surface area contributed by atoms with Crippen LogP contribution in [0.15, 0.2) is 88.4 Å². The molecule has 0 fully saturated rings. The van der Waals surface area contributed by atoms with E-state index in [4.69, 9.17) is 0 Å². The smallest absolute Gasteiger partial charge is 0.283 e. The molecule has 0 saturated carbocycles. The Bertz CT molecular complexity index is 1720. The highest BCUT2D eigenvalue weighted by Gasteiger charge is 2.35. The number of sulfonamides is 1.